The van der Waals surface area contributed by atoms with Gasteiger partial charge in [0.2, 0.25) is 0 Å². The first-order valence-corrected chi connectivity index (χ1v) is 6.92. The summed E-state index contributed by atoms with van der Waals surface area (Å²) in [6.45, 7) is 6.17. The van der Waals surface area contributed by atoms with E-state index in [-0.39, 0.29) is 13.0 Å². The van der Waals surface area contributed by atoms with Crippen LogP contribution in [0.4, 0.5) is 4.79 Å². The average molecular weight is 298 g/mol. The fourth-order valence-corrected chi connectivity index (χ4v) is 2.32. The lowest BCUT2D eigenvalue weighted by Crippen LogP contribution is -2.48. The van der Waals surface area contributed by atoms with E-state index in [9.17, 15) is 14.7 Å². The summed E-state index contributed by atoms with van der Waals surface area (Å²) in [5, 5.41) is 12.8. The first-order valence-electron chi connectivity index (χ1n) is 6.92. The van der Waals surface area contributed by atoms with Crippen molar-refractivity contribution in [3.05, 3.63) is 10.4 Å². The van der Waals surface area contributed by atoms with Crippen molar-refractivity contribution in [1.82, 2.24) is 4.90 Å². The lowest BCUT2D eigenvalue weighted by molar-refractivity contribution is -0.152. The van der Waals surface area contributed by atoms with Crippen molar-refractivity contribution in [2.75, 3.05) is 19.6 Å². The number of hydrogen-bond donors (Lipinski definition) is 1. The molecule has 0 aromatic heterocycles. The van der Waals surface area contributed by atoms with Gasteiger partial charge in [-0.2, -0.15) is 0 Å². The Kier molecular flexibility index (Phi) is 5.43. The third-order valence-corrected chi connectivity index (χ3v) is 3.58. The maximum atomic E-state index is 11.9. The first-order chi connectivity index (χ1) is 9.70. The molecule has 0 aromatic rings. The predicted octanol–water partition coefficient (Wildman–Crippen LogP) is 2.79. The van der Waals surface area contributed by atoms with E-state index in [4.69, 9.17) is 10.3 Å². The van der Waals surface area contributed by atoms with E-state index in [0.717, 1.165) is 0 Å². The Labute approximate surface area is 123 Å². The van der Waals surface area contributed by atoms with Crippen molar-refractivity contribution < 1.29 is 19.4 Å². The molecule has 0 aromatic carbocycles. The molecule has 1 amide bonds. The monoisotopic (exact) mass is 298 g/mol. The fourth-order valence-electron chi connectivity index (χ4n) is 2.32. The Bertz CT molecular complexity index is 444. The number of carbonyl (C=O) groups excluding carboxylic acids is 1. The Morgan fingerprint density at radius 1 is 1.38 bits per heavy atom. The van der Waals surface area contributed by atoms with E-state index in [0.29, 0.717) is 25.9 Å². The second kappa shape index (κ2) is 6.67. The number of azide groups is 1. The molecular weight excluding hydrogens is 276 g/mol. The van der Waals surface area contributed by atoms with Crippen molar-refractivity contribution in [2.24, 2.45) is 10.5 Å². The van der Waals surface area contributed by atoms with Crippen molar-refractivity contribution in [3.8, 4) is 0 Å². The zero-order valence-corrected chi connectivity index (χ0v) is 12.7. The summed E-state index contributed by atoms with van der Waals surface area (Å²) in [4.78, 5) is 27.6. The van der Waals surface area contributed by atoms with E-state index < -0.39 is 23.1 Å². The van der Waals surface area contributed by atoms with Gasteiger partial charge < -0.3 is 14.7 Å². The number of amides is 1. The molecule has 0 spiro atoms. The van der Waals surface area contributed by atoms with Crippen LogP contribution >= 0.6 is 0 Å². The summed E-state index contributed by atoms with van der Waals surface area (Å²) in [6, 6.07) is 0. The predicted molar refractivity (Wildman–Crippen MR) is 75.7 cm³/mol. The van der Waals surface area contributed by atoms with E-state index in [1.54, 1.807) is 20.8 Å². The minimum atomic E-state index is -0.924. The van der Waals surface area contributed by atoms with Gasteiger partial charge in [-0.3, -0.25) is 4.79 Å². The number of carbonyl (C=O) groups is 2. The molecule has 0 bridgehead atoms. The molecule has 8 heteroatoms. The van der Waals surface area contributed by atoms with E-state index in [2.05, 4.69) is 10.0 Å². The van der Waals surface area contributed by atoms with E-state index >= 15 is 0 Å². The van der Waals surface area contributed by atoms with Crippen LogP contribution in [0.3, 0.4) is 0 Å². The van der Waals surface area contributed by atoms with Crippen LogP contribution in [0, 0.1) is 5.41 Å². The molecule has 0 atom stereocenters. The smallest absolute Gasteiger partial charge is 0.410 e. The van der Waals surface area contributed by atoms with Crippen molar-refractivity contribution >= 4 is 12.1 Å². The lowest BCUT2D eigenvalue weighted by Gasteiger charge is -2.39. The van der Waals surface area contributed by atoms with Crippen LogP contribution in [0.1, 0.15) is 40.0 Å². The standard InChI is InChI=1S/C13H22N4O4/c1-12(2,3)21-11(20)17-8-5-13(6-9-17,10(18)19)4-7-15-16-14/h4-9H2,1-3H3,(H,18,19). The van der Waals surface area contributed by atoms with E-state index in [1.165, 1.54) is 4.90 Å². The molecule has 1 saturated heterocycles. The Balaban J connectivity index is 2.64. The van der Waals surface area contributed by atoms with Crippen LogP contribution in [0.2, 0.25) is 0 Å². The van der Waals surface area contributed by atoms with Crippen molar-refractivity contribution in [2.45, 2.75) is 45.6 Å². The largest absolute Gasteiger partial charge is 0.481 e. The molecule has 0 saturated carbocycles. The molecule has 1 heterocycles. The van der Waals surface area contributed by atoms with Gasteiger partial charge in [0.05, 0.1) is 5.41 Å². The normalized spacial score (nSPS) is 17.8. The highest BCUT2D eigenvalue weighted by Crippen LogP contribution is 2.35. The lowest BCUT2D eigenvalue weighted by atomic mass is 9.76. The van der Waals surface area contributed by atoms with Crippen LogP contribution in [0.15, 0.2) is 5.11 Å². The summed E-state index contributed by atoms with van der Waals surface area (Å²) < 4.78 is 5.28. The van der Waals surface area contributed by atoms with Gasteiger partial charge in [-0.1, -0.05) is 5.11 Å². The van der Waals surface area contributed by atoms with E-state index in [1.807, 2.05) is 0 Å². The van der Waals surface area contributed by atoms with Gasteiger partial charge in [0, 0.05) is 24.5 Å². The quantitative estimate of drug-likeness (QED) is 0.488. The Hall–Kier alpha value is -1.95. The first kappa shape index (κ1) is 17.1. The number of carboxylic acid groups (broad SMARTS) is 1. The second-order valence-electron chi connectivity index (χ2n) is 6.26. The van der Waals surface area contributed by atoms with Crippen LogP contribution in [-0.4, -0.2) is 47.3 Å². The highest BCUT2D eigenvalue weighted by molar-refractivity contribution is 5.75. The molecule has 0 unspecified atom stereocenters. The second-order valence-corrected chi connectivity index (χ2v) is 6.26. The van der Waals surface area contributed by atoms with Crippen molar-refractivity contribution in [1.29, 1.82) is 0 Å². The van der Waals surface area contributed by atoms with Crippen LogP contribution in [0.5, 0.6) is 0 Å². The number of carboxylic acids is 1. The molecule has 1 aliphatic rings. The zero-order valence-electron chi connectivity index (χ0n) is 12.7. The van der Waals surface area contributed by atoms with Gasteiger partial charge >= 0.3 is 12.1 Å². The third kappa shape index (κ3) is 4.82. The SMILES string of the molecule is CC(C)(C)OC(=O)N1CCC(CCN=[N+]=[N-])(C(=O)O)CC1. The molecule has 21 heavy (non-hydrogen) atoms. The van der Waals surface area contributed by atoms with Crippen LogP contribution in [-0.2, 0) is 9.53 Å². The van der Waals surface area contributed by atoms with Gasteiger partial charge in [0.1, 0.15) is 5.60 Å². The highest BCUT2D eigenvalue weighted by Gasteiger charge is 2.42. The minimum Gasteiger partial charge on any atom is -0.481 e. The Morgan fingerprint density at radius 3 is 2.38 bits per heavy atom. The summed E-state index contributed by atoms with van der Waals surface area (Å²) in [6.07, 6.45) is 0.538. The van der Waals surface area contributed by atoms with Gasteiger partial charge in [-0.05, 0) is 45.6 Å². The number of rotatable bonds is 4. The van der Waals surface area contributed by atoms with Crippen LogP contribution < -0.4 is 0 Å². The molecule has 118 valence electrons. The number of nitrogens with zero attached hydrogens (tertiary/aromatic N) is 4. The van der Waals surface area contributed by atoms with Crippen LogP contribution in [0.25, 0.3) is 10.4 Å². The maximum Gasteiger partial charge on any atom is 0.410 e. The number of ether oxygens (including phenoxy) is 1. The van der Waals surface area contributed by atoms with Gasteiger partial charge in [0.25, 0.3) is 0 Å². The molecule has 8 nitrogen and oxygen atoms in total. The number of piperidine rings is 1. The Morgan fingerprint density at radius 2 is 1.95 bits per heavy atom. The number of hydrogen-bond acceptors (Lipinski definition) is 4. The van der Waals surface area contributed by atoms with Gasteiger partial charge in [-0.15, -0.1) is 0 Å². The summed E-state index contributed by atoms with van der Waals surface area (Å²) in [5.74, 6) is -0.903. The molecule has 1 rings (SSSR count). The highest BCUT2D eigenvalue weighted by atomic mass is 16.6. The molecular formula is C13H22N4O4. The maximum absolute atomic E-state index is 11.9. The zero-order chi connectivity index (χ0) is 16.1. The summed E-state index contributed by atoms with van der Waals surface area (Å²) in [5.41, 5.74) is 6.79. The fraction of sp³-hybridized carbons (Fsp3) is 0.846. The summed E-state index contributed by atoms with van der Waals surface area (Å²) in [7, 11) is 0. The minimum absolute atomic E-state index is 0.148. The number of aliphatic carboxylic acids is 1. The van der Waals surface area contributed by atoms with Gasteiger partial charge in [0.15, 0.2) is 0 Å². The number of likely N-dealkylation sites (tertiary alicyclic amines) is 1. The van der Waals surface area contributed by atoms with Gasteiger partial charge in [-0.25, -0.2) is 4.79 Å². The molecule has 1 N–H and O–H groups in total. The van der Waals surface area contributed by atoms with Crippen molar-refractivity contribution in [3.63, 3.8) is 0 Å². The molecule has 1 fully saturated rings. The summed E-state index contributed by atoms with van der Waals surface area (Å²) >= 11 is 0. The molecule has 1 aliphatic heterocycles. The third-order valence-electron chi connectivity index (χ3n) is 3.58. The topological polar surface area (TPSA) is 116 Å². The molecule has 0 aliphatic carbocycles. The molecule has 0 radical (unpaired) electrons. The average Bonchev–Trinajstić information content (AvgIpc) is 2.37.